The summed E-state index contributed by atoms with van der Waals surface area (Å²) in [5.41, 5.74) is 2.87. The zero-order valence-corrected chi connectivity index (χ0v) is 12.0. The van der Waals surface area contributed by atoms with Gasteiger partial charge in [0.05, 0.1) is 10.2 Å². The summed E-state index contributed by atoms with van der Waals surface area (Å²) in [6.45, 7) is 0. The number of rotatable bonds is 2. The van der Waals surface area contributed by atoms with Gasteiger partial charge in [0, 0.05) is 16.0 Å². The maximum absolute atomic E-state index is 13.0. The molecule has 1 aromatic carbocycles. The van der Waals surface area contributed by atoms with Crippen LogP contribution >= 0.6 is 31.9 Å². The Morgan fingerprint density at radius 3 is 2.71 bits per heavy atom. The summed E-state index contributed by atoms with van der Waals surface area (Å²) in [5, 5.41) is 7.38. The summed E-state index contributed by atoms with van der Waals surface area (Å²) >= 11 is 6.94. The van der Waals surface area contributed by atoms with E-state index in [-0.39, 0.29) is 5.82 Å². The van der Waals surface area contributed by atoms with Crippen LogP contribution in [0.1, 0.15) is 24.5 Å². The standard InChI is InChI=1S/C12H9Br2FN2/c13-9-5-7(15)3-4-8(9)12-10(14)11(16-17-12)6-1-2-6/h3-6H,1-2H2,(H,16,17). The molecule has 1 aromatic heterocycles. The molecule has 2 aromatic rings. The normalized spacial score (nSPS) is 15.2. The molecule has 0 radical (unpaired) electrons. The molecule has 0 amide bonds. The van der Waals surface area contributed by atoms with Crippen LogP contribution in [0.2, 0.25) is 0 Å². The Bertz CT molecular complexity index is 576. The first-order valence-electron chi connectivity index (χ1n) is 5.36. The van der Waals surface area contributed by atoms with Gasteiger partial charge in [-0.1, -0.05) is 0 Å². The average molecular weight is 360 g/mol. The summed E-state index contributed by atoms with van der Waals surface area (Å²) in [4.78, 5) is 0. The van der Waals surface area contributed by atoms with Crippen LogP contribution in [0.3, 0.4) is 0 Å². The van der Waals surface area contributed by atoms with Crippen molar-refractivity contribution in [3.8, 4) is 11.3 Å². The van der Waals surface area contributed by atoms with Gasteiger partial charge in [-0.25, -0.2) is 4.39 Å². The van der Waals surface area contributed by atoms with Gasteiger partial charge in [-0.15, -0.1) is 0 Å². The molecule has 0 unspecified atom stereocenters. The molecular formula is C12H9Br2FN2. The maximum Gasteiger partial charge on any atom is 0.124 e. The molecule has 0 bridgehead atoms. The molecule has 3 rings (SSSR count). The molecule has 1 heterocycles. The van der Waals surface area contributed by atoms with E-state index in [9.17, 15) is 4.39 Å². The van der Waals surface area contributed by atoms with Gasteiger partial charge in [-0.05, 0) is 62.9 Å². The molecule has 5 heteroatoms. The molecule has 1 aliphatic carbocycles. The maximum atomic E-state index is 13.0. The van der Waals surface area contributed by atoms with Crippen molar-refractivity contribution >= 4 is 31.9 Å². The predicted octanol–water partition coefficient (Wildman–Crippen LogP) is 4.62. The Balaban J connectivity index is 2.08. The van der Waals surface area contributed by atoms with Crippen LogP contribution in [0.4, 0.5) is 4.39 Å². The van der Waals surface area contributed by atoms with Gasteiger partial charge in [0.15, 0.2) is 0 Å². The van der Waals surface area contributed by atoms with Crippen LogP contribution in [-0.2, 0) is 0 Å². The van der Waals surface area contributed by atoms with Crippen molar-refractivity contribution in [1.29, 1.82) is 0 Å². The van der Waals surface area contributed by atoms with E-state index >= 15 is 0 Å². The number of hydrogen-bond acceptors (Lipinski definition) is 1. The Hall–Kier alpha value is -0.680. The number of aromatic amines is 1. The number of nitrogens with zero attached hydrogens (tertiary/aromatic N) is 1. The lowest BCUT2D eigenvalue weighted by Gasteiger charge is -2.02. The number of aromatic nitrogens is 2. The smallest absolute Gasteiger partial charge is 0.124 e. The van der Waals surface area contributed by atoms with E-state index < -0.39 is 0 Å². The van der Waals surface area contributed by atoms with Crippen LogP contribution in [-0.4, -0.2) is 10.2 Å². The molecule has 88 valence electrons. The summed E-state index contributed by atoms with van der Waals surface area (Å²) in [6, 6.07) is 4.63. The van der Waals surface area contributed by atoms with Crippen molar-refractivity contribution in [2.75, 3.05) is 0 Å². The largest absolute Gasteiger partial charge is 0.280 e. The molecule has 0 atom stereocenters. The summed E-state index contributed by atoms with van der Waals surface area (Å²) < 4.78 is 14.7. The Morgan fingerprint density at radius 1 is 1.29 bits per heavy atom. The summed E-state index contributed by atoms with van der Waals surface area (Å²) in [7, 11) is 0. The van der Waals surface area contributed by atoms with Gasteiger partial charge in [-0.2, -0.15) is 5.10 Å². The number of hydrogen-bond donors (Lipinski definition) is 1. The highest BCUT2D eigenvalue weighted by Crippen LogP contribution is 2.45. The van der Waals surface area contributed by atoms with E-state index in [1.807, 2.05) is 0 Å². The lowest BCUT2D eigenvalue weighted by Crippen LogP contribution is -1.83. The third kappa shape index (κ3) is 2.06. The number of halogens is 3. The van der Waals surface area contributed by atoms with Gasteiger partial charge < -0.3 is 0 Å². The van der Waals surface area contributed by atoms with Crippen LogP contribution in [0, 0.1) is 5.82 Å². The summed E-state index contributed by atoms with van der Waals surface area (Å²) in [5.74, 6) is 0.347. The molecule has 0 spiro atoms. The van der Waals surface area contributed by atoms with Crippen LogP contribution in [0.15, 0.2) is 27.1 Å². The fourth-order valence-electron chi connectivity index (χ4n) is 1.84. The van der Waals surface area contributed by atoms with E-state index in [1.54, 1.807) is 6.07 Å². The number of H-pyrrole nitrogens is 1. The number of benzene rings is 1. The van der Waals surface area contributed by atoms with Crippen molar-refractivity contribution in [3.63, 3.8) is 0 Å². The fraction of sp³-hybridized carbons (Fsp3) is 0.250. The average Bonchev–Trinajstić information content (AvgIpc) is 3.04. The third-order valence-electron chi connectivity index (χ3n) is 2.90. The molecule has 0 saturated heterocycles. The quantitative estimate of drug-likeness (QED) is 0.832. The molecule has 1 saturated carbocycles. The minimum absolute atomic E-state index is 0.255. The van der Waals surface area contributed by atoms with Crippen LogP contribution < -0.4 is 0 Å². The summed E-state index contributed by atoms with van der Waals surface area (Å²) in [6.07, 6.45) is 2.43. The lowest BCUT2D eigenvalue weighted by atomic mass is 10.1. The van der Waals surface area contributed by atoms with E-state index in [1.165, 1.54) is 25.0 Å². The molecular weight excluding hydrogens is 351 g/mol. The highest BCUT2D eigenvalue weighted by atomic mass is 79.9. The molecule has 2 nitrogen and oxygen atoms in total. The monoisotopic (exact) mass is 358 g/mol. The Morgan fingerprint density at radius 2 is 2.06 bits per heavy atom. The lowest BCUT2D eigenvalue weighted by molar-refractivity contribution is 0.627. The zero-order chi connectivity index (χ0) is 12.0. The van der Waals surface area contributed by atoms with Crippen molar-refractivity contribution < 1.29 is 4.39 Å². The second-order valence-corrected chi connectivity index (χ2v) is 5.85. The van der Waals surface area contributed by atoms with Gasteiger partial charge in [0.1, 0.15) is 11.5 Å². The number of nitrogens with one attached hydrogen (secondary N) is 1. The van der Waals surface area contributed by atoms with E-state index in [0.717, 1.165) is 21.4 Å². The van der Waals surface area contributed by atoms with E-state index in [0.29, 0.717) is 10.4 Å². The van der Waals surface area contributed by atoms with E-state index in [4.69, 9.17) is 0 Å². The SMILES string of the molecule is Fc1ccc(-c2n[nH]c(C3CC3)c2Br)c(Br)c1. The minimum atomic E-state index is -0.255. The van der Waals surface area contributed by atoms with Crippen molar-refractivity contribution in [1.82, 2.24) is 10.2 Å². The Labute approximate surface area is 115 Å². The van der Waals surface area contributed by atoms with Crippen molar-refractivity contribution in [2.45, 2.75) is 18.8 Å². The minimum Gasteiger partial charge on any atom is -0.280 e. The molecule has 1 aliphatic rings. The Kier molecular flexibility index (Phi) is 2.83. The molecule has 0 aliphatic heterocycles. The zero-order valence-electron chi connectivity index (χ0n) is 8.80. The first kappa shape index (κ1) is 11.4. The fourth-order valence-corrected chi connectivity index (χ4v) is 3.10. The highest BCUT2D eigenvalue weighted by Gasteiger charge is 2.29. The highest BCUT2D eigenvalue weighted by molar-refractivity contribution is 9.11. The molecule has 17 heavy (non-hydrogen) atoms. The van der Waals surface area contributed by atoms with Gasteiger partial charge >= 0.3 is 0 Å². The molecule has 1 N–H and O–H groups in total. The topological polar surface area (TPSA) is 28.7 Å². The van der Waals surface area contributed by atoms with Crippen molar-refractivity contribution in [3.05, 3.63) is 38.7 Å². The van der Waals surface area contributed by atoms with Gasteiger partial charge in [-0.3, -0.25) is 5.10 Å². The van der Waals surface area contributed by atoms with Crippen LogP contribution in [0.25, 0.3) is 11.3 Å². The first-order chi connectivity index (χ1) is 8.16. The second-order valence-electron chi connectivity index (χ2n) is 4.20. The van der Waals surface area contributed by atoms with Gasteiger partial charge in [0.25, 0.3) is 0 Å². The predicted molar refractivity (Wildman–Crippen MR) is 71.4 cm³/mol. The first-order valence-corrected chi connectivity index (χ1v) is 6.94. The molecule has 1 fully saturated rings. The third-order valence-corrected chi connectivity index (χ3v) is 4.36. The van der Waals surface area contributed by atoms with Gasteiger partial charge in [0.2, 0.25) is 0 Å². The van der Waals surface area contributed by atoms with Crippen LogP contribution in [0.5, 0.6) is 0 Å². The second kappa shape index (κ2) is 4.21. The van der Waals surface area contributed by atoms with E-state index in [2.05, 4.69) is 42.1 Å². The van der Waals surface area contributed by atoms with Crippen molar-refractivity contribution in [2.24, 2.45) is 0 Å².